The molecule has 0 bridgehead atoms. The molecule has 0 aliphatic heterocycles. The second kappa shape index (κ2) is 7.63. The molecule has 0 radical (unpaired) electrons. The van der Waals surface area contributed by atoms with Crippen LogP contribution in [0.4, 0.5) is 0 Å². The van der Waals surface area contributed by atoms with Gasteiger partial charge in [-0.2, -0.15) is 0 Å². The maximum Gasteiger partial charge on any atom is 0.0774 e. The third kappa shape index (κ3) is 4.94. The Morgan fingerprint density at radius 1 is 1.31 bits per heavy atom. The van der Waals surface area contributed by atoms with Crippen LogP contribution in [0.1, 0.15) is 18.4 Å². The SMILES string of the molecule is OCCCC(O)COCc1ccccc1Cl. The molecule has 90 valence electrons. The number of rotatable bonds is 7. The fourth-order valence-corrected chi connectivity index (χ4v) is 1.52. The lowest BCUT2D eigenvalue weighted by Gasteiger charge is -2.11. The van der Waals surface area contributed by atoms with E-state index in [1.54, 1.807) is 0 Å². The number of aliphatic hydroxyl groups is 2. The summed E-state index contributed by atoms with van der Waals surface area (Å²) in [5.74, 6) is 0. The fourth-order valence-electron chi connectivity index (χ4n) is 1.33. The van der Waals surface area contributed by atoms with Gasteiger partial charge in [0.2, 0.25) is 0 Å². The lowest BCUT2D eigenvalue weighted by Crippen LogP contribution is -2.15. The van der Waals surface area contributed by atoms with E-state index >= 15 is 0 Å². The third-order valence-corrected chi connectivity index (χ3v) is 2.59. The lowest BCUT2D eigenvalue weighted by molar-refractivity contribution is 0.0216. The van der Waals surface area contributed by atoms with Crippen molar-refractivity contribution < 1.29 is 14.9 Å². The number of hydrogen-bond acceptors (Lipinski definition) is 3. The summed E-state index contributed by atoms with van der Waals surface area (Å²) in [5.41, 5.74) is 0.915. The zero-order valence-electron chi connectivity index (χ0n) is 9.10. The Morgan fingerprint density at radius 3 is 2.75 bits per heavy atom. The summed E-state index contributed by atoms with van der Waals surface area (Å²) in [5, 5.41) is 18.7. The molecule has 0 aliphatic carbocycles. The Kier molecular flexibility index (Phi) is 6.42. The standard InChI is InChI=1S/C12H17ClO3/c13-12-6-2-1-4-10(12)8-16-9-11(15)5-3-7-14/h1-2,4,6,11,14-15H,3,5,7-9H2. The van der Waals surface area contributed by atoms with E-state index in [9.17, 15) is 5.11 Å². The summed E-state index contributed by atoms with van der Waals surface area (Å²) in [4.78, 5) is 0. The van der Waals surface area contributed by atoms with Crippen LogP contribution in [-0.2, 0) is 11.3 Å². The van der Waals surface area contributed by atoms with Crippen molar-refractivity contribution >= 4 is 11.6 Å². The number of aliphatic hydroxyl groups excluding tert-OH is 2. The molecule has 1 atom stereocenters. The Labute approximate surface area is 101 Å². The minimum Gasteiger partial charge on any atom is -0.396 e. The zero-order valence-corrected chi connectivity index (χ0v) is 9.86. The highest BCUT2D eigenvalue weighted by atomic mass is 35.5. The van der Waals surface area contributed by atoms with Gasteiger partial charge in [0.15, 0.2) is 0 Å². The highest BCUT2D eigenvalue weighted by Crippen LogP contribution is 2.15. The molecule has 4 heteroatoms. The molecular weight excluding hydrogens is 228 g/mol. The van der Waals surface area contributed by atoms with Gasteiger partial charge >= 0.3 is 0 Å². The molecule has 1 aromatic carbocycles. The molecule has 0 saturated carbocycles. The first-order chi connectivity index (χ1) is 7.74. The van der Waals surface area contributed by atoms with Gasteiger partial charge in [-0.25, -0.2) is 0 Å². The second-order valence-corrected chi connectivity index (χ2v) is 4.03. The predicted molar refractivity (Wildman–Crippen MR) is 63.4 cm³/mol. The van der Waals surface area contributed by atoms with Crippen LogP contribution in [0.25, 0.3) is 0 Å². The number of halogens is 1. The first-order valence-electron chi connectivity index (χ1n) is 5.34. The number of benzene rings is 1. The zero-order chi connectivity index (χ0) is 11.8. The number of hydrogen-bond donors (Lipinski definition) is 2. The fraction of sp³-hybridized carbons (Fsp3) is 0.500. The molecule has 0 aromatic heterocycles. The van der Waals surface area contributed by atoms with Gasteiger partial charge in [0.25, 0.3) is 0 Å². The predicted octanol–water partition coefficient (Wildman–Crippen LogP) is 1.99. The van der Waals surface area contributed by atoms with E-state index in [4.69, 9.17) is 21.4 Å². The van der Waals surface area contributed by atoms with Crippen molar-refractivity contribution in [2.45, 2.75) is 25.6 Å². The third-order valence-electron chi connectivity index (χ3n) is 2.22. The van der Waals surface area contributed by atoms with E-state index < -0.39 is 6.10 Å². The largest absolute Gasteiger partial charge is 0.396 e. The Morgan fingerprint density at radius 2 is 2.06 bits per heavy atom. The summed E-state index contributed by atoms with van der Waals surface area (Å²) in [6, 6.07) is 7.46. The Bertz CT molecular complexity index is 304. The van der Waals surface area contributed by atoms with Crippen LogP contribution >= 0.6 is 11.6 Å². The van der Waals surface area contributed by atoms with Crippen LogP contribution in [0.3, 0.4) is 0 Å². The molecule has 0 heterocycles. The smallest absolute Gasteiger partial charge is 0.0774 e. The van der Waals surface area contributed by atoms with Gasteiger partial charge in [0, 0.05) is 11.6 Å². The van der Waals surface area contributed by atoms with Gasteiger partial charge in [-0.3, -0.25) is 0 Å². The van der Waals surface area contributed by atoms with Crippen LogP contribution in [0.5, 0.6) is 0 Å². The Hall–Kier alpha value is -0.610. The highest BCUT2D eigenvalue weighted by Gasteiger charge is 2.04. The van der Waals surface area contributed by atoms with Crippen LogP contribution in [0.15, 0.2) is 24.3 Å². The second-order valence-electron chi connectivity index (χ2n) is 3.63. The van der Waals surface area contributed by atoms with Crippen LogP contribution in [0.2, 0.25) is 5.02 Å². The minimum absolute atomic E-state index is 0.0988. The molecular formula is C12H17ClO3. The maximum atomic E-state index is 9.46. The first-order valence-corrected chi connectivity index (χ1v) is 5.72. The van der Waals surface area contributed by atoms with Gasteiger partial charge in [-0.15, -0.1) is 0 Å². The van der Waals surface area contributed by atoms with Crippen LogP contribution in [-0.4, -0.2) is 29.5 Å². The van der Waals surface area contributed by atoms with Gasteiger partial charge in [-0.05, 0) is 24.5 Å². The topological polar surface area (TPSA) is 49.7 Å². The molecule has 0 spiro atoms. The Balaban J connectivity index is 2.23. The van der Waals surface area contributed by atoms with E-state index in [1.807, 2.05) is 24.3 Å². The molecule has 0 saturated heterocycles. The minimum atomic E-state index is -0.519. The van der Waals surface area contributed by atoms with Crippen molar-refractivity contribution in [2.24, 2.45) is 0 Å². The van der Waals surface area contributed by atoms with E-state index in [1.165, 1.54) is 0 Å². The lowest BCUT2D eigenvalue weighted by atomic mass is 10.2. The van der Waals surface area contributed by atoms with E-state index in [0.29, 0.717) is 24.5 Å². The molecule has 1 unspecified atom stereocenters. The summed E-state index contributed by atoms with van der Waals surface area (Å²) in [7, 11) is 0. The van der Waals surface area contributed by atoms with E-state index in [2.05, 4.69) is 0 Å². The van der Waals surface area contributed by atoms with E-state index in [-0.39, 0.29) is 13.2 Å². The van der Waals surface area contributed by atoms with Gasteiger partial charge in [-0.1, -0.05) is 29.8 Å². The van der Waals surface area contributed by atoms with Crippen molar-refractivity contribution in [1.29, 1.82) is 0 Å². The first kappa shape index (κ1) is 13.5. The van der Waals surface area contributed by atoms with E-state index in [0.717, 1.165) is 5.56 Å². The molecule has 3 nitrogen and oxygen atoms in total. The van der Waals surface area contributed by atoms with Gasteiger partial charge in [0.1, 0.15) is 0 Å². The molecule has 16 heavy (non-hydrogen) atoms. The normalized spacial score (nSPS) is 12.7. The quantitative estimate of drug-likeness (QED) is 0.771. The van der Waals surface area contributed by atoms with Crippen molar-refractivity contribution in [2.75, 3.05) is 13.2 Å². The van der Waals surface area contributed by atoms with Gasteiger partial charge in [0.05, 0.1) is 19.3 Å². The highest BCUT2D eigenvalue weighted by molar-refractivity contribution is 6.31. The van der Waals surface area contributed by atoms with Crippen molar-refractivity contribution in [3.8, 4) is 0 Å². The molecule has 1 aromatic rings. The monoisotopic (exact) mass is 244 g/mol. The molecule has 2 N–H and O–H groups in total. The van der Waals surface area contributed by atoms with Crippen molar-refractivity contribution in [3.05, 3.63) is 34.9 Å². The molecule has 0 fully saturated rings. The van der Waals surface area contributed by atoms with Gasteiger partial charge < -0.3 is 14.9 Å². The van der Waals surface area contributed by atoms with Crippen molar-refractivity contribution in [1.82, 2.24) is 0 Å². The summed E-state index contributed by atoms with van der Waals surface area (Å²) in [6.07, 6.45) is 0.630. The summed E-state index contributed by atoms with van der Waals surface area (Å²) < 4.78 is 5.34. The van der Waals surface area contributed by atoms with Crippen LogP contribution in [0, 0.1) is 0 Å². The molecule has 0 aliphatic rings. The van der Waals surface area contributed by atoms with Crippen molar-refractivity contribution in [3.63, 3.8) is 0 Å². The average molecular weight is 245 g/mol. The van der Waals surface area contributed by atoms with Crippen LogP contribution < -0.4 is 0 Å². The molecule has 0 amide bonds. The number of ether oxygens (including phenoxy) is 1. The summed E-state index contributed by atoms with van der Waals surface area (Å²) in [6.45, 7) is 0.767. The average Bonchev–Trinajstić information content (AvgIpc) is 2.29. The maximum absolute atomic E-state index is 9.46. The summed E-state index contributed by atoms with van der Waals surface area (Å²) >= 11 is 5.95. The molecule has 1 rings (SSSR count).